The van der Waals surface area contributed by atoms with Crippen LogP contribution >= 0.6 is 11.6 Å². The highest BCUT2D eigenvalue weighted by Crippen LogP contribution is 2.43. The van der Waals surface area contributed by atoms with Crippen LogP contribution in [0.2, 0.25) is 23.2 Å². The molecule has 5 heteroatoms. The second-order valence-corrected chi connectivity index (χ2v) is 11.4. The fraction of sp³-hybridized carbons (Fsp3) is 0.533. The minimum Gasteiger partial charge on any atom is -0.540 e. The van der Waals surface area contributed by atoms with Crippen molar-refractivity contribution in [1.29, 1.82) is 0 Å². The summed E-state index contributed by atoms with van der Waals surface area (Å²) in [5.74, 6) is 1.08. The highest BCUT2D eigenvalue weighted by molar-refractivity contribution is 6.74. The summed E-state index contributed by atoms with van der Waals surface area (Å²) in [4.78, 5) is 10.9. The first kappa shape index (κ1) is 17.0. The number of carbonyl (C=O) groups excluding carboxylic acids is 1. The smallest absolute Gasteiger partial charge is 0.250 e. The van der Waals surface area contributed by atoms with E-state index in [2.05, 4.69) is 33.9 Å². The maximum Gasteiger partial charge on any atom is 0.250 e. The number of ether oxygens (including phenoxy) is 1. The van der Waals surface area contributed by atoms with Crippen molar-refractivity contribution < 1.29 is 14.0 Å². The molecule has 112 valence electrons. The van der Waals surface area contributed by atoms with Gasteiger partial charge in [0.1, 0.15) is 6.29 Å². The van der Waals surface area contributed by atoms with Gasteiger partial charge < -0.3 is 9.16 Å². The zero-order chi connectivity index (χ0) is 15.6. The lowest BCUT2D eigenvalue weighted by Crippen LogP contribution is -2.44. The molecule has 0 saturated carbocycles. The van der Waals surface area contributed by atoms with Crippen LogP contribution in [0, 0.1) is 0 Å². The Labute approximate surface area is 127 Å². The van der Waals surface area contributed by atoms with E-state index in [1.165, 1.54) is 0 Å². The summed E-state index contributed by atoms with van der Waals surface area (Å²) in [5.41, 5.74) is 0.487. The first-order valence-corrected chi connectivity index (χ1v) is 10.0. The zero-order valence-electron chi connectivity index (χ0n) is 13.0. The normalized spacial score (nSPS) is 12.2. The summed E-state index contributed by atoms with van der Waals surface area (Å²) in [6, 6.07) is 3.28. The average Bonchev–Trinajstić information content (AvgIpc) is 2.32. The molecular weight excluding hydrogens is 292 g/mol. The first-order valence-electron chi connectivity index (χ1n) is 6.73. The van der Waals surface area contributed by atoms with Crippen LogP contribution in [0.4, 0.5) is 0 Å². The Balaban J connectivity index is 3.26. The zero-order valence-corrected chi connectivity index (χ0v) is 14.8. The summed E-state index contributed by atoms with van der Waals surface area (Å²) in [7, 11) is -2.02. The van der Waals surface area contributed by atoms with Gasteiger partial charge in [-0.3, -0.25) is 4.79 Å². The van der Waals surface area contributed by atoms with Crippen LogP contribution in [0.1, 0.15) is 38.1 Å². The van der Waals surface area contributed by atoms with Crippen molar-refractivity contribution in [2.75, 3.05) is 6.61 Å². The SMILES string of the molecule is CCOc1cc(C=O)cc(Cl)c1O[Si](C)(C)C(C)(C)C. The highest BCUT2D eigenvalue weighted by Gasteiger charge is 2.40. The summed E-state index contributed by atoms with van der Waals surface area (Å²) in [6.45, 7) is 13.2. The molecule has 0 amide bonds. The number of hydrogen-bond acceptors (Lipinski definition) is 3. The minimum atomic E-state index is -2.02. The largest absolute Gasteiger partial charge is 0.540 e. The Morgan fingerprint density at radius 2 is 1.90 bits per heavy atom. The average molecular weight is 315 g/mol. The van der Waals surface area contributed by atoms with Crippen LogP contribution < -0.4 is 9.16 Å². The topological polar surface area (TPSA) is 35.5 Å². The van der Waals surface area contributed by atoms with Crippen LogP contribution in [0.15, 0.2) is 12.1 Å². The molecule has 3 nitrogen and oxygen atoms in total. The predicted octanol–water partition coefficient (Wildman–Crippen LogP) is 4.94. The molecule has 0 heterocycles. The third kappa shape index (κ3) is 3.76. The van der Waals surface area contributed by atoms with Crippen molar-refractivity contribution in [3.8, 4) is 11.5 Å². The highest BCUT2D eigenvalue weighted by atomic mass is 35.5. The van der Waals surface area contributed by atoms with Crippen LogP contribution in [0.3, 0.4) is 0 Å². The van der Waals surface area contributed by atoms with Crippen LogP contribution in [-0.4, -0.2) is 21.2 Å². The molecule has 20 heavy (non-hydrogen) atoms. The van der Waals surface area contributed by atoms with Gasteiger partial charge in [0.2, 0.25) is 0 Å². The van der Waals surface area contributed by atoms with E-state index >= 15 is 0 Å². The van der Waals surface area contributed by atoms with Gasteiger partial charge in [0, 0.05) is 5.56 Å². The number of benzene rings is 1. The van der Waals surface area contributed by atoms with E-state index in [9.17, 15) is 4.79 Å². The van der Waals surface area contributed by atoms with E-state index in [1.807, 2.05) is 6.92 Å². The Hall–Kier alpha value is -1.00. The van der Waals surface area contributed by atoms with Gasteiger partial charge in [-0.2, -0.15) is 0 Å². The molecule has 0 atom stereocenters. The fourth-order valence-electron chi connectivity index (χ4n) is 1.43. The quantitative estimate of drug-likeness (QED) is 0.570. The van der Waals surface area contributed by atoms with Gasteiger partial charge in [0.05, 0.1) is 11.6 Å². The molecule has 0 N–H and O–H groups in total. The standard InChI is InChI=1S/C15H23ClO3Si/c1-7-18-13-9-11(10-17)8-12(16)14(13)19-20(5,6)15(2,3)4/h8-10H,7H2,1-6H3. The summed E-state index contributed by atoms with van der Waals surface area (Å²) in [6.07, 6.45) is 0.754. The molecule has 0 unspecified atom stereocenters. The number of hydrogen-bond donors (Lipinski definition) is 0. The van der Waals surface area contributed by atoms with Gasteiger partial charge in [0.25, 0.3) is 8.32 Å². The number of halogens is 1. The number of carbonyl (C=O) groups is 1. The van der Waals surface area contributed by atoms with Crippen molar-refractivity contribution in [1.82, 2.24) is 0 Å². The van der Waals surface area contributed by atoms with E-state index < -0.39 is 8.32 Å². The number of aldehydes is 1. The molecule has 0 aliphatic carbocycles. The second kappa shape index (κ2) is 6.18. The van der Waals surface area contributed by atoms with Crippen LogP contribution in [0.5, 0.6) is 11.5 Å². The van der Waals surface area contributed by atoms with Gasteiger partial charge in [-0.05, 0) is 37.2 Å². The summed E-state index contributed by atoms with van der Waals surface area (Å²) < 4.78 is 11.8. The van der Waals surface area contributed by atoms with Crippen LogP contribution in [-0.2, 0) is 0 Å². The van der Waals surface area contributed by atoms with E-state index in [-0.39, 0.29) is 5.04 Å². The molecule has 0 saturated heterocycles. The molecule has 1 aromatic carbocycles. The lowest BCUT2D eigenvalue weighted by atomic mass is 10.2. The second-order valence-electron chi connectivity index (χ2n) is 6.24. The van der Waals surface area contributed by atoms with Crippen molar-refractivity contribution in [3.05, 3.63) is 22.7 Å². The molecule has 0 fully saturated rings. The van der Waals surface area contributed by atoms with Gasteiger partial charge in [-0.25, -0.2) is 0 Å². The van der Waals surface area contributed by atoms with E-state index in [4.69, 9.17) is 20.8 Å². The van der Waals surface area contributed by atoms with E-state index in [1.54, 1.807) is 12.1 Å². The molecule has 1 aromatic rings. The summed E-state index contributed by atoms with van der Waals surface area (Å²) >= 11 is 6.26. The monoisotopic (exact) mass is 314 g/mol. The molecule has 1 rings (SSSR count). The Bertz CT molecular complexity index is 493. The number of rotatable bonds is 5. The molecule has 0 aromatic heterocycles. The van der Waals surface area contributed by atoms with E-state index in [0.29, 0.717) is 28.7 Å². The molecular formula is C15H23ClO3Si. The van der Waals surface area contributed by atoms with Gasteiger partial charge in [-0.15, -0.1) is 0 Å². The van der Waals surface area contributed by atoms with Crippen molar-refractivity contribution in [2.45, 2.75) is 45.8 Å². The molecule has 0 spiro atoms. The lowest BCUT2D eigenvalue weighted by Gasteiger charge is -2.37. The van der Waals surface area contributed by atoms with Crippen molar-refractivity contribution in [2.24, 2.45) is 0 Å². The van der Waals surface area contributed by atoms with Crippen molar-refractivity contribution >= 4 is 26.2 Å². The molecule has 0 aliphatic heterocycles. The Kier molecular flexibility index (Phi) is 5.27. The van der Waals surface area contributed by atoms with Crippen LogP contribution in [0.25, 0.3) is 0 Å². The summed E-state index contributed by atoms with van der Waals surface area (Å²) in [5, 5.41) is 0.478. The molecule has 0 radical (unpaired) electrons. The first-order chi connectivity index (χ1) is 9.12. The van der Waals surface area contributed by atoms with Crippen molar-refractivity contribution in [3.63, 3.8) is 0 Å². The lowest BCUT2D eigenvalue weighted by molar-refractivity contribution is 0.112. The molecule has 0 bridgehead atoms. The maximum absolute atomic E-state index is 10.9. The fourth-order valence-corrected chi connectivity index (χ4v) is 2.78. The third-order valence-corrected chi connectivity index (χ3v) is 8.24. The van der Waals surface area contributed by atoms with E-state index in [0.717, 1.165) is 6.29 Å². The van der Waals surface area contributed by atoms with Gasteiger partial charge in [0.15, 0.2) is 11.5 Å². The predicted molar refractivity (Wildman–Crippen MR) is 85.8 cm³/mol. The minimum absolute atomic E-state index is 0.0587. The third-order valence-electron chi connectivity index (χ3n) is 3.63. The van der Waals surface area contributed by atoms with Gasteiger partial charge in [-0.1, -0.05) is 32.4 Å². The molecule has 0 aliphatic rings. The van der Waals surface area contributed by atoms with Gasteiger partial charge >= 0.3 is 0 Å². The maximum atomic E-state index is 10.9. The Morgan fingerprint density at radius 1 is 1.30 bits per heavy atom. The Morgan fingerprint density at radius 3 is 2.35 bits per heavy atom.